The number of nitrogens with zero attached hydrogens (tertiary/aromatic N) is 4. The van der Waals surface area contributed by atoms with E-state index >= 15 is 0 Å². The fourth-order valence-corrected chi connectivity index (χ4v) is 4.43. The van der Waals surface area contributed by atoms with E-state index in [2.05, 4.69) is 50.1 Å². The van der Waals surface area contributed by atoms with E-state index in [0.717, 1.165) is 18.2 Å². The van der Waals surface area contributed by atoms with Gasteiger partial charge in [-0.05, 0) is 55.8 Å². The Labute approximate surface area is 284 Å². The Morgan fingerprint density at radius 2 is 0.875 bits per heavy atom. The first kappa shape index (κ1) is 43.1. The third-order valence-corrected chi connectivity index (χ3v) is 7.23. The fourth-order valence-electron chi connectivity index (χ4n) is 4.43. The van der Waals surface area contributed by atoms with Gasteiger partial charge in [0.05, 0.1) is 0 Å². The second kappa shape index (κ2) is 26.2. The summed E-state index contributed by atoms with van der Waals surface area (Å²) in [5.41, 5.74) is 0. The molecule has 0 aliphatic rings. The zero-order valence-electron chi connectivity index (χ0n) is 28.2. The zero-order valence-corrected chi connectivity index (χ0v) is 28.2. The molecule has 0 aliphatic carbocycles. The molecule has 0 unspecified atom stereocenters. The van der Waals surface area contributed by atoms with Crippen LogP contribution in [0.15, 0.2) is 75.9 Å². The highest BCUT2D eigenvalue weighted by atomic mass is 16.2. The summed E-state index contributed by atoms with van der Waals surface area (Å²) in [6.45, 7) is 23.8. The van der Waals surface area contributed by atoms with E-state index in [9.17, 15) is 33.6 Å². The second-order valence-corrected chi connectivity index (χ2v) is 10.6. The largest absolute Gasteiger partial charge is 0.351 e. The average molecular weight is 669 g/mol. The van der Waals surface area contributed by atoms with Crippen LogP contribution in [0.3, 0.4) is 0 Å². The first-order valence-electron chi connectivity index (χ1n) is 15.9. The van der Waals surface area contributed by atoms with E-state index in [-0.39, 0.29) is 113 Å². The van der Waals surface area contributed by atoms with Crippen LogP contribution in [-0.4, -0.2) is 133 Å². The van der Waals surface area contributed by atoms with Gasteiger partial charge in [0.25, 0.3) is 0 Å². The summed E-state index contributed by atoms with van der Waals surface area (Å²) in [7, 11) is 0. The molecule has 0 heterocycles. The van der Waals surface area contributed by atoms with Crippen LogP contribution < -0.4 is 10.6 Å². The quantitative estimate of drug-likeness (QED) is 0.113. The van der Waals surface area contributed by atoms with Gasteiger partial charge in [-0.25, -0.2) is 0 Å². The molecular weight excluding hydrogens is 616 g/mol. The molecule has 0 saturated carbocycles. The number of amides is 5. The Kier molecular flexibility index (Phi) is 23.5. The highest BCUT2D eigenvalue weighted by molar-refractivity contribution is 5.90. The summed E-state index contributed by atoms with van der Waals surface area (Å²) in [5, 5.41) is 5.25. The van der Waals surface area contributed by atoms with E-state index < -0.39 is 0 Å². The minimum absolute atomic E-state index is 0.0976. The molecule has 13 nitrogen and oxygen atoms in total. The van der Waals surface area contributed by atoms with Crippen LogP contribution in [0, 0.1) is 0 Å². The number of carbonyl (C=O) groups is 7. The molecule has 48 heavy (non-hydrogen) atoms. The molecule has 13 heteroatoms. The summed E-state index contributed by atoms with van der Waals surface area (Å²) >= 11 is 0. The molecule has 0 rings (SSSR count). The maximum atomic E-state index is 13.6. The lowest BCUT2D eigenvalue weighted by Gasteiger charge is -2.30. The van der Waals surface area contributed by atoms with Gasteiger partial charge in [0, 0.05) is 84.7 Å². The molecule has 5 amide bonds. The van der Waals surface area contributed by atoms with Gasteiger partial charge in [0.1, 0.15) is 0 Å². The van der Waals surface area contributed by atoms with Crippen molar-refractivity contribution in [3.63, 3.8) is 0 Å². The summed E-state index contributed by atoms with van der Waals surface area (Å²) in [6, 6.07) is 0. The van der Waals surface area contributed by atoms with Crippen molar-refractivity contribution >= 4 is 41.1 Å². The SMILES string of the molecule is C=CC(=O)CCCN(CCC(=O)N(CCCC(=O)C=C)CCN(CCNC(=O)C=C)C(=O)C=C)CCN(CCNC(=O)C=C)C(=O)C=C. The number of ketones is 2. The predicted molar refractivity (Wildman–Crippen MR) is 186 cm³/mol. The highest BCUT2D eigenvalue weighted by Gasteiger charge is 2.20. The van der Waals surface area contributed by atoms with Crippen molar-refractivity contribution in [2.45, 2.75) is 32.1 Å². The third kappa shape index (κ3) is 19.6. The average Bonchev–Trinajstić information content (AvgIpc) is 3.10. The molecule has 264 valence electrons. The Hall–Kier alpha value is -4.91. The molecule has 0 radical (unpaired) electrons. The van der Waals surface area contributed by atoms with E-state index in [1.165, 1.54) is 28.0 Å². The molecule has 2 N–H and O–H groups in total. The zero-order chi connectivity index (χ0) is 36.3. The second-order valence-electron chi connectivity index (χ2n) is 10.6. The lowest BCUT2D eigenvalue weighted by molar-refractivity contribution is -0.134. The van der Waals surface area contributed by atoms with Gasteiger partial charge in [0.2, 0.25) is 29.5 Å². The highest BCUT2D eigenvalue weighted by Crippen LogP contribution is 2.06. The van der Waals surface area contributed by atoms with Crippen molar-refractivity contribution in [3.05, 3.63) is 75.9 Å². The lowest BCUT2D eigenvalue weighted by atomic mass is 10.2. The van der Waals surface area contributed by atoms with E-state index in [4.69, 9.17) is 0 Å². The van der Waals surface area contributed by atoms with Crippen molar-refractivity contribution in [1.29, 1.82) is 0 Å². The maximum absolute atomic E-state index is 13.6. The minimum Gasteiger partial charge on any atom is -0.351 e. The number of hydrogen-bond donors (Lipinski definition) is 2. The number of rotatable bonds is 29. The van der Waals surface area contributed by atoms with Crippen LogP contribution in [0.2, 0.25) is 0 Å². The number of allylic oxidation sites excluding steroid dienone is 2. The monoisotopic (exact) mass is 668 g/mol. The van der Waals surface area contributed by atoms with Crippen molar-refractivity contribution < 1.29 is 33.6 Å². The molecule has 0 aliphatic heterocycles. The van der Waals surface area contributed by atoms with Crippen molar-refractivity contribution in [3.8, 4) is 0 Å². The minimum atomic E-state index is -0.375. The Bertz CT molecular complexity index is 1180. The summed E-state index contributed by atoms with van der Waals surface area (Å²) < 4.78 is 0. The maximum Gasteiger partial charge on any atom is 0.246 e. The molecule has 0 aromatic carbocycles. The molecule has 0 aromatic rings. The van der Waals surface area contributed by atoms with Gasteiger partial charge in [-0.3, -0.25) is 33.6 Å². The smallest absolute Gasteiger partial charge is 0.246 e. The number of hydrogen-bond acceptors (Lipinski definition) is 8. The van der Waals surface area contributed by atoms with Crippen LogP contribution >= 0.6 is 0 Å². The number of nitrogens with one attached hydrogen (secondary N) is 2. The van der Waals surface area contributed by atoms with Gasteiger partial charge in [-0.2, -0.15) is 0 Å². The summed E-state index contributed by atoms with van der Waals surface area (Å²) in [4.78, 5) is 91.9. The van der Waals surface area contributed by atoms with Gasteiger partial charge in [-0.1, -0.05) is 39.5 Å². The number of carbonyl (C=O) groups excluding carboxylic acids is 7. The molecule has 0 bridgehead atoms. The van der Waals surface area contributed by atoms with Gasteiger partial charge >= 0.3 is 0 Å². The molecular formula is C35H52N6O7. The van der Waals surface area contributed by atoms with E-state index in [1.807, 2.05) is 4.90 Å². The lowest BCUT2D eigenvalue weighted by Crippen LogP contribution is -2.45. The molecule has 0 aromatic heterocycles. The third-order valence-electron chi connectivity index (χ3n) is 7.23. The first-order valence-corrected chi connectivity index (χ1v) is 15.9. The molecule has 0 fully saturated rings. The van der Waals surface area contributed by atoms with Gasteiger partial charge < -0.3 is 30.2 Å². The van der Waals surface area contributed by atoms with Crippen molar-refractivity contribution in [2.24, 2.45) is 0 Å². The standard InChI is InChI=1S/C35H52N6O7/c1-7-29(42)15-13-20-38(25-26-40(33(46)11-5)23-18-36-31(44)9-3)22-17-35(48)39(21-14-16-30(43)8-2)27-28-41(34(47)12-6)24-19-37-32(45)10-4/h7-12H,1-6,13-28H2,(H,36,44)(H,37,45). The normalized spacial score (nSPS) is 10.2. The summed E-state index contributed by atoms with van der Waals surface area (Å²) in [5.74, 6) is -1.86. The van der Waals surface area contributed by atoms with Gasteiger partial charge in [-0.15, -0.1) is 0 Å². The summed E-state index contributed by atoms with van der Waals surface area (Å²) in [6.07, 6.45) is 8.61. The topological polar surface area (TPSA) is 157 Å². The Morgan fingerprint density at radius 3 is 1.31 bits per heavy atom. The van der Waals surface area contributed by atoms with Crippen LogP contribution in [0.1, 0.15) is 32.1 Å². The van der Waals surface area contributed by atoms with Crippen LogP contribution in [0.5, 0.6) is 0 Å². The van der Waals surface area contributed by atoms with Crippen LogP contribution in [0.4, 0.5) is 0 Å². The van der Waals surface area contributed by atoms with Crippen molar-refractivity contribution in [1.82, 2.24) is 30.2 Å². The molecule has 0 atom stereocenters. The first-order chi connectivity index (χ1) is 22.9. The van der Waals surface area contributed by atoms with Gasteiger partial charge in [0.15, 0.2) is 11.6 Å². The van der Waals surface area contributed by atoms with Crippen LogP contribution in [0.25, 0.3) is 0 Å². The van der Waals surface area contributed by atoms with E-state index in [1.54, 1.807) is 4.90 Å². The Balaban J connectivity index is 5.71. The van der Waals surface area contributed by atoms with Crippen molar-refractivity contribution in [2.75, 3.05) is 72.0 Å². The fraction of sp³-hybridized carbons (Fsp3) is 0.457. The molecule has 0 saturated heterocycles. The van der Waals surface area contributed by atoms with Crippen LogP contribution in [-0.2, 0) is 33.6 Å². The van der Waals surface area contributed by atoms with E-state index in [0.29, 0.717) is 32.5 Å². The molecule has 0 spiro atoms. The Morgan fingerprint density at radius 1 is 0.438 bits per heavy atom. The predicted octanol–water partition coefficient (Wildman–Crippen LogP) is 1.21.